The molecule has 45 heavy (non-hydrogen) atoms. The summed E-state index contributed by atoms with van der Waals surface area (Å²) < 4.78 is 64.8. The molecule has 4 fully saturated rings. The van der Waals surface area contributed by atoms with Gasteiger partial charge in [0.05, 0.1) is 29.0 Å². The molecule has 2 saturated heterocycles. The van der Waals surface area contributed by atoms with Gasteiger partial charge in [-0.05, 0) is 67.0 Å². The first-order valence-electron chi connectivity index (χ1n) is 15.5. The zero-order chi connectivity index (χ0) is 31.7. The van der Waals surface area contributed by atoms with Gasteiger partial charge in [-0.25, -0.2) is 9.59 Å². The Labute approximate surface area is 257 Å². The van der Waals surface area contributed by atoms with E-state index in [1.54, 1.807) is 24.3 Å². The topological polar surface area (TPSA) is 110 Å². The Morgan fingerprint density at radius 1 is 1.11 bits per heavy atom. The van der Waals surface area contributed by atoms with E-state index in [4.69, 9.17) is 18.9 Å². The van der Waals surface area contributed by atoms with Gasteiger partial charge in [-0.3, -0.25) is 0 Å². The van der Waals surface area contributed by atoms with E-state index >= 15 is 0 Å². The minimum absolute atomic E-state index is 0.0744. The van der Waals surface area contributed by atoms with Crippen molar-refractivity contribution in [2.45, 2.75) is 87.7 Å². The number of benzene rings is 2. The minimum atomic E-state index is -4.52. The van der Waals surface area contributed by atoms with E-state index in [-0.39, 0.29) is 47.5 Å². The van der Waals surface area contributed by atoms with Gasteiger partial charge >= 0.3 is 18.1 Å². The molecule has 0 amide bonds. The number of carbonyl (C=O) groups excluding carboxylic acids is 2. The van der Waals surface area contributed by atoms with Crippen LogP contribution >= 0.6 is 0 Å². The molecule has 8 nitrogen and oxygen atoms in total. The Morgan fingerprint density at radius 3 is 2.64 bits per heavy atom. The maximum atomic E-state index is 14.1. The number of hydrogen-bond acceptors (Lipinski definition) is 8. The molecule has 11 heteroatoms. The van der Waals surface area contributed by atoms with E-state index in [9.17, 15) is 27.9 Å². The van der Waals surface area contributed by atoms with Gasteiger partial charge in [0.2, 0.25) is 0 Å². The van der Waals surface area contributed by atoms with Crippen LogP contribution in [0.3, 0.4) is 0 Å². The molecule has 8 atom stereocenters. The predicted molar refractivity (Wildman–Crippen MR) is 153 cm³/mol. The van der Waals surface area contributed by atoms with Gasteiger partial charge in [-0.2, -0.15) is 13.2 Å². The van der Waals surface area contributed by atoms with Gasteiger partial charge < -0.3 is 29.4 Å². The smallest absolute Gasteiger partial charge is 0.416 e. The first-order chi connectivity index (χ1) is 21.3. The second kappa shape index (κ2) is 9.11. The minimum Gasteiger partial charge on any atom is -0.458 e. The van der Waals surface area contributed by atoms with Crippen LogP contribution in [0.1, 0.15) is 62.4 Å². The predicted octanol–water partition coefficient (Wildman–Crippen LogP) is 5.71. The third-order valence-electron chi connectivity index (χ3n) is 11.7. The van der Waals surface area contributed by atoms with Crippen LogP contribution < -0.4 is 5.32 Å². The van der Waals surface area contributed by atoms with Crippen molar-refractivity contribution in [1.29, 1.82) is 0 Å². The monoisotopic (exact) mass is 625 g/mol. The van der Waals surface area contributed by atoms with Crippen molar-refractivity contribution in [3.8, 4) is 0 Å². The lowest BCUT2D eigenvalue weighted by molar-refractivity contribution is -0.212. The number of alkyl halides is 3. The second-order valence-corrected chi connectivity index (χ2v) is 13.9. The van der Waals surface area contributed by atoms with Crippen LogP contribution in [-0.2, 0) is 29.9 Å². The van der Waals surface area contributed by atoms with Crippen LogP contribution in [0, 0.1) is 17.3 Å². The fourth-order valence-corrected chi connectivity index (χ4v) is 9.26. The lowest BCUT2D eigenvalue weighted by atomic mass is 9.44. The fraction of sp³-hybridized carbons (Fsp3) is 0.529. The molecule has 2 aromatic rings. The van der Waals surface area contributed by atoms with Crippen LogP contribution in [0.5, 0.6) is 0 Å². The number of hydrogen-bond donors (Lipinski definition) is 2. The molecular formula is C34H34F3NO7. The molecule has 3 aliphatic carbocycles. The number of cyclic esters (lactones) is 1. The van der Waals surface area contributed by atoms with E-state index in [0.29, 0.717) is 31.3 Å². The molecule has 8 unspecified atom stereocenters. The van der Waals surface area contributed by atoms with Gasteiger partial charge in [0.25, 0.3) is 0 Å². The van der Waals surface area contributed by atoms with E-state index in [0.717, 1.165) is 17.7 Å². The Balaban J connectivity index is 1.14. The molecule has 2 saturated carbocycles. The number of anilines is 2. The van der Waals surface area contributed by atoms with Gasteiger partial charge in [-0.15, -0.1) is 0 Å². The summed E-state index contributed by atoms with van der Waals surface area (Å²) in [5, 5.41) is 15.8. The van der Waals surface area contributed by atoms with Crippen molar-refractivity contribution in [2.24, 2.45) is 17.3 Å². The number of epoxide rings is 2. The summed E-state index contributed by atoms with van der Waals surface area (Å²) in [5.41, 5.74) is -2.79. The number of esters is 2. The maximum absolute atomic E-state index is 14.1. The number of ether oxygens (including phenoxy) is 4. The van der Waals surface area contributed by atoms with Crippen molar-refractivity contribution in [2.75, 3.05) is 11.9 Å². The van der Waals surface area contributed by atoms with Crippen LogP contribution in [0.2, 0.25) is 0 Å². The third-order valence-corrected chi connectivity index (χ3v) is 11.7. The first kappa shape index (κ1) is 29.0. The number of halogens is 3. The standard InChI is InChI=1S/C34H34F3NO7/c1-17(2)32-26(44-32)15-31(41)30(3)12-11-20-22(16-42-27(20)39)23(30)14-25-33(31,45-25)29(32)43-28(40)21-9-4-5-10-24(21)38-19-8-6-7-18(13-19)34(35,36)37/h4-10,13,17,23,25-26,29,38,41H,11-12,14-16H2,1-3H3. The average molecular weight is 626 g/mol. The molecule has 6 aliphatic rings. The fourth-order valence-electron chi connectivity index (χ4n) is 9.26. The van der Waals surface area contributed by atoms with E-state index in [1.807, 2.05) is 20.8 Å². The number of fused-ring (bicyclic) bond motifs is 4. The molecule has 0 radical (unpaired) electrons. The summed E-state index contributed by atoms with van der Waals surface area (Å²) >= 11 is 0. The molecule has 8 rings (SSSR count). The number of rotatable bonds is 5. The van der Waals surface area contributed by atoms with Gasteiger partial charge in [0, 0.05) is 23.1 Å². The van der Waals surface area contributed by atoms with Crippen LogP contribution in [-0.4, -0.2) is 58.8 Å². The van der Waals surface area contributed by atoms with Crippen molar-refractivity contribution in [3.63, 3.8) is 0 Å². The number of nitrogens with one attached hydrogen (secondary N) is 1. The summed E-state index contributed by atoms with van der Waals surface area (Å²) in [6.45, 7) is 6.25. The molecule has 2 aromatic carbocycles. The van der Waals surface area contributed by atoms with Gasteiger partial charge in [0.15, 0.2) is 11.7 Å². The number of aliphatic hydroxyl groups is 1. The Morgan fingerprint density at radius 2 is 1.89 bits per heavy atom. The van der Waals surface area contributed by atoms with Gasteiger partial charge in [0.1, 0.15) is 17.8 Å². The van der Waals surface area contributed by atoms with Crippen molar-refractivity contribution in [3.05, 3.63) is 70.8 Å². The largest absolute Gasteiger partial charge is 0.458 e. The lowest BCUT2D eigenvalue weighted by Gasteiger charge is -2.60. The van der Waals surface area contributed by atoms with E-state index in [1.165, 1.54) is 12.1 Å². The zero-order valence-corrected chi connectivity index (χ0v) is 25.1. The second-order valence-electron chi connectivity index (χ2n) is 13.9. The quantitative estimate of drug-likeness (QED) is 0.321. The van der Waals surface area contributed by atoms with Crippen molar-refractivity contribution < 1.29 is 46.8 Å². The lowest BCUT2D eigenvalue weighted by Crippen LogP contribution is -2.74. The van der Waals surface area contributed by atoms with Crippen molar-refractivity contribution >= 4 is 23.3 Å². The maximum Gasteiger partial charge on any atom is 0.416 e. The summed E-state index contributed by atoms with van der Waals surface area (Å²) in [6, 6.07) is 11.2. The average Bonchev–Trinajstić information content (AvgIpc) is 3.87. The highest BCUT2D eigenvalue weighted by atomic mass is 19.4. The summed E-state index contributed by atoms with van der Waals surface area (Å²) in [4.78, 5) is 26.5. The zero-order valence-electron chi connectivity index (χ0n) is 25.1. The Hall–Kier alpha value is -3.41. The Bertz CT molecular complexity index is 1670. The molecular weight excluding hydrogens is 591 g/mol. The highest BCUT2D eigenvalue weighted by Gasteiger charge is 2.91. The molecule has 2 N–H and O–H groups in total. The molecule has 3 aliphatic heterocycles. The molecule has 0 bridgehead atoms. The number of para-hydroxylation sites is 1. The van der Waals surface area contributed by atoms with E-state index in [2.05, 4.69) is 5.32 Å². The molecule has 1 spiro atoms. The Kier molecular flexibility index (Phi) is 5.87. The van der Waals surface area contributed by atoms with Crippen LogP contribution in [0.4, 0.5) is 24.5 Å². The highest BCUT2D eigenvalue weighted by molar-refractivity contribution is 5.97. The van der Waals surface area contributed by atoms with Crippen molar-refractivity contribution in [1.82, 2.24) is 0 Å². The highest BCUT2D eigenvalue weighted by Crippen LogP contribution is 2.76. The third kappa shape index (κ3) is 3.71. The van der Waals surface area contributed by atoms with E-state index < -0.39 is 52.1 Å². The molecule has 0 aromatic heterocycles. The molecule has 3 heterocycles. The molecule has 238 valence electrons. The SMILES string of the molecule is CC(C)C12OC1CC1(O)C3(C)CCC4=C(COC4=O)C3CC3OC31C2OC(=O)c1ccccc1Nc1cccc(C(F)(F)F)c1. The summed E-state index contributed by atoms with van der Waals surface area (Å²) in [6.07, 6.45) is -4.37. The van der Waals surface area contributed by atoms with Crippen LogP contribution in [0.15, 0.2) is 59.7 Å². The summed E-state index contributed by atoms with van der Waals surface area (Å²) in [7, 11) is 0. The van der Waals surface area contributed by atoms with Gasteiger partial charge in [-0.1, -0.05) is 39.0 Å². The normalized spacial score (nSPS) is 39.2. The number of carbonyl (C=O) groups is 2. The summed E-state index contributed by atoms with van der Waals surface area (Å²) in [5.74, 6) is -1.19. The van der Waals surface area contributed by atoms with Crippen LogP contribution in [0.25, 0.3) is 0 Å². The first-order valence-corrected chi connectivity index (χ1v) is 15.5.